The molecule has 2 rings (SSSR count). The van der Waals surface area contributed by atoms with Gasteiger partial charge in [0, 0.05) is 5.41 Å². The predicted molar refractivity (Wildman–Crippen MR) is 62.6 cm³/mol. The Balaban J connectivity index is 2.59. The van der Waals surface area contributed by atoms with E-state index < -0.39 is 0 Å². The first kappa shape index (κ1) is 11.1. The van der Waals surface area contributed by atoms with Crippen LogP contribution in [0.1, 0.15) is 50.8 Å². The molecule has 0 N–H and O–H groups in total. The second kappa shape index (κ2) is 3.55. The summed E-state index contributed by atoms with van der Waals surface area (Å²) < 4.78 is 14.0. The van der Waals surface area contributed by atoms with E-state index in [0.29, 0.717) is 10.4 Å². The van der Waals surface area contributed by atoms with Crippen LogP contribution in [-0.2, 0) is 5.41 Å². The van der Waals surface area contributed by atoms with Gasteiger partial charge in [0.05, 0.1) is 16.4 Å². The highest BCUT2D eigenvalue weighted by Gasteiger charge is 2.33. The molecule has 82 valence electrons. The topological polar surface area (TPSA) is 12.9 Å². The Morgan fingerprint density at radius 1 is 1.40 bits per heavy atom. The van der Waals surface area contributed by atoms with Gasteiger partial charge in [0.15, 0.2) is 5.82 Å². The minimum atomic E-state index is -0.245. The zero-order valence-corrected chi connectivity index (χ0v) is 10.9. The Kier molecular flexibility index (Phi) is 2.61. The molecule has 1 aromatic rings. The maximum Gasteiger partial charge on any atom is 0.155 e. The molecule has 0 aliphatic heterocycles. The SMILES string of the molecule is CC(C)(C)c1ncc(F)c(Br)c1C1CC1. The summed E-state index contributed by atoms with van der Waals surface area (Å²) >= 11 is 3.35. The van der Waals surface area contributed by atoms with Crippen molar-refractivity contribution in [1.29, 1.82) is 0 Å². The number of hydrogen-bond donors (Lipinski definition) is 0. The van der Waals surface area contributed by atoms with E-state index >= 15 is 0 Å². The Bertz CT molecular complexity index is 391. The Morgan fingerprint density at radius 3 is 2.47 bits per heavy atom. The van der Waals surface area contributed by atoms with Crippen molar-refractivity contribution >= 4 is 15.9 Å². The van der Waals surface area contributed by atoms with Crippen LogP contribution in [0.4, 0.5) is 4.39 Å². The first-order valence-corrected chi connectivity index (χ1v) is 6.05. The highest BCUT2D eigenvalue weighted by Crippen LogP contribution is 2.47. The molecule has 15 heavy (non-hydrogen) atoms. The number of pyridine rings is 1. The second-order valence-corrected chi connectivity index (χ2v) is 6.00. The maximum absolute atomic E-state index is 13.4. The minimum absolute atomic E-state index is 0.0197. The van der Waals surface area contributed by atoms with E-state index in [2.05, 4.69) is 41.7 Å². The van der Waals surface area contributed by atoms with Gasteiger partial charge in [-0.05, 0) is 40.3 Å². The van der Waals surface area contributed by atoms with Crippen molar-refractivity contribution in [3.63, 3.8) is 0 Å². The number of halogens is 2. The van der Waals surface area contributed by atoms with Crippen molar-refractivity contribution in [2.45, 2.75) is 44.9 Å². The summed E-state index contributed by atoms with van der Waals surface area (Å²) in [6, 6.07) is 0. The summed E-state index contributed by atoms with van der Waals surface area (Å²) in [5.41, 5.74) is 2.09. The quantitative estimate of drug-likeness (QED) is 0.748. The molecule has 1 aliphatic rings. The third kappa shape index (κ3) is 2.07. The fourth-order valence-corrected chi connectivity index (χ4v) is 2.44. The van der Waals surface area contributed by atoms with Gasteiger partial charge in [-0.3, -0.25) is 4.98 Å². The lowest BCUT2D eigenvalue weighted by molar-refractivity contribution is 0.545. The molecule has 0 aromatic carbocycles. The molecule has 1 heterocycles. The van der Waals surface area contributed by atoms with Gasteiger partial charge >= 0.3 is 0 Å². The summed E-state index contributed by atoms with van der Waals surface area (Å²) in [7, 11) is 0. The molecular formula is C12H15BrFN. The summed E-state index contributed by atoms with van der Waals surface area (Å²) in [6.07, 6.45) is 3.64. The Labute approximate surface area is 98.2 Å². The lowest BCUT2D eigenvalue weighted by atomic mass is 9.87. The normalized spacial score (nSPS) is 16.9. The fraction of sp³-hybridized carbons (Fsp3) is 0.583. The summed E-state index contributed by atoms with van der Waals surface area (Å²) in [5.74, 6) is 0.265. The summed E-state index contributed by atoms with van der Waals surface area (Å²) in [4.78, 5) is 4.27. The molecule has 1 nitrogen and oxygen atoms in total. The zero-order chi connectivity index (χ0) is 11.2. The second-order valence-electron chi connectivity index (χ2n) is 5.21. The smallest absolute Gasteiger partial charge is 0.155 e. The van der Waals surface area contributed by atoms with Gasteiger partial charge in [0.1, 0.15) is 0 Å². The standard InChI is InChI=1S/C12H15BrFN/c1-12(2,3)11-9(7-4-5-7)10(13)8(14)6-15-11/h6-7H,4-5H2,1-3H3. The van der Waals surface area contributed by atoms with Gasteiger partial charge in [0.25, 0.3) is 0 Å². The zero-order valence-electron chi connectivity index (χ0n) is 9.27. The maximum atomic E-state index is 13.4. The van der Waals surface area contributed by atoms with Gasteiger partial charge in [-0.2, -0.15) is 0 Å². The third-order valence-corrected chi connectivity index (χ3v) is 3.51. The van der Waals surface area contributed by atoms with E-state index in [1.54, 1.807) is 0 Å². The number of aromatic nitrogens is 1. The van der Waals surface area contributed by atoms with Crippen LogP contribution >= 0.6 is 15.9 Å². The van der Waals surface area contributed by atoms with E-state index in [4.69, 9.17) is 0 Å². The lowest BCUT2D eigenvalue weighted by Gasteiger charge is -2.22. The van der Waals surface area contributed by atoms with Gasteiger partial charge in [-0.1, -0.05) is 20.8 Å². The number of rotatable bonds is 1. The average molecular weight is 272 g/mol. The van der Waals surface area contributed by atoms with Gasteiger partial charge in [-0.15, -0.1) is 0 Å². The average Bonchev–Trinajstić information content (AvgIpc) is 2.90. The van der Waals surface area contributed by atoms with Crippen molar-refractivity contribution in [1.82, 2.24) is 4.98 Å². The molecule has 1 saturated carbocycles. The van der Waals surface area contributed by atoms with Crippen LogP contribution < -0.4 is 0 Å². The molecule has 0 unspecified atom stereocenters. The van der Waals surface area contributed by atoms with Crippen molar-refractivity contribution < 1.29 is 4.39 Å². The van der Waals surface area contributed by atoms with E-state index in [9.17, 15) is 4.39 Å². The summed E-state index contributed by atoms with van der Waals surface area (Å²) in [6.45, 7) is 6.35. The first-order chi connectivity index (χ1) is 6.91. The first-order valence-electron chi connectivity index (χ1n) is 5.25. The fourth-order valence-electron chi connectivity index (χ4n) is 1.82. The molecular weight excluding hydrogens is 257 g/mol. The third-order valence-electron chi connectivity index (χ3n) is 2.70. The van der Waals surface area contributed by atoms with E-state index in [1.165, 1.54) is 6.20 Å². The van der Waals surface area contributed by atoms with Gasteiger partial charge in [0.2, 0.25) is 0 Å². The molecule has 1 aliphatic carbocycles. The molecule has 0 atom stereocenters. The summed E-state index contributed by atoms with van der Waals surface area (Å²) in [5, 5.41) is 0. The molecule has 1 fully saturated rings. The van der Waals surface area contributed by atoms with Crippen molar-refractivity contribution in [2.75, 3.05) is 0 Å². The van der Waals surface area contributed by atoms with Crippen LogP contribution in [0.3, 0.4) is 0 Å². The van der Waals surface area contributed by atoms with Crippen LogP contribution in [0.2, 0.25) is 0 Å². The molecule has 3 heteroatoms. The van der Waals surface area contributed by atoms with Crippen LogP contribution in [0.5, 0.6) is 0 Å². The van der Waals surface area contributed by atoms with Crippen LogP contribution in [0.25, 0.3) is 0 Å². The monoisotopic (exact) mass is 271 g/mol. The van der Waals surface area contributed by atoms with E-state index in [0.717, 1.165) is 24.1 Å². The minimum Gasteiger partial charge on any atom is -0.257 e. The Hall–Kier alpha value is -0.440. The Morgan fingerprint density at radius 2 is 2.00 bits per heavy atom. The van der Waals surface area contributed by atoms with Gasteiger partial charge in [-0.25, -0.2) is 4.39 Å². The molecule has 0 amide bonds. The highest BCUT2D eigenvalue weighted by atomic mass is 79.9. The van der Waals surface area contributed by atoms with Gasteiger partial charge < -0.3 is 0 Å². The molecule has 0 spiro atoms. The molecule has 0 radical (unpaired) electrons. The number of hydrogen-bond acceptors (Lipinski definition) is 1. The number of nitrogens with zero attached hydrogens (tertiary/aromatic N) is 1. The van der Waals surface area contributed by atoms with Crippen LogP contribution in [0, 0.1) is 5.82 Å². The molecule has 0 bridgehead atoms. The molecule has 0 saturated heterocycles. The van der Waals surface area contributed by atoms with Crippen molar-refractivity contribution in [3.05, 3.63) is 27.7 Å². The van der Waals surface area contributed by atoms with Crippen LogP contribution in [-0.4, -0.2) is 4.98 Å². The predicted octanol–water partition coefficient (Wildman–Crippen LogP) is 4.16. The highest BCUT2D eigenvalue weighted by molar-refractivity contribution is 9.10. The van der Waals surface area contributed by atoms with Crippen molar-refractivity contribution in [2.24, 2.45) is 0 Å². The van der Waals surface area contributed by atoms with Crippen LogP contribution in [0.15, 0.2) is 10.7 Å². The molecule has 1 aromatic heterocycles. The van der Waals surface area contributed by atoms with E-state index in [-0.39, 0.29) is 11.2 Å². The lowest BCUT2D eigenvalue weighted by Crippen LogP contribution is -2.17. The van der Waals surface area contributed by atoms with E-state index in [1.807, 2.05) is 0 Å². The largest absolute Gasteiger partial charge is 0.257 e. The van der Waals surface area contributed by atoms with Crippen molar-refractivity contribution in [3.8, 4) is 0 Å².